The van der Waals surface area contributed by atoms with Crippen molar-refractivity contribution in [2.75, 3.05) is 26.4 Å². The molecule has 2 atom stereocenters. The van der Waals surface area contributed by atoms with Crippen molar-refractivity contribution in [3.8, 4) is 0 Å². The first-order valence-electron chi connectivity index (χ1n) is 5.51. The van der Waals surface area contributed by atoms with Crippen LogP contribution in [0.15, 0.2) is 0 Å². The van der Waals surface area contributed by atoms with Gasteiger partial charge in [0.1, 0.15) is 0 Å². The lowest BCUT2D eigenvalue weighted by molar-refractivity contribution is -0.0555. The summed E-state index contributed by atoms with van der Waals surface area (Å²) in [6, 6.07) is 0. The maximum atomic E-state index is 5.55. The standard InChI is InChI=1S/C11H24O3/c1-5-7-13-11(4)9-14-10(3)8-12-6-2/h10-11H,5-9H2,1-4H3. The van der Waals surface area contributed by atoms with Crippen molar-refractivity contribution in [1.29, 1.82) is 0 Å². The third-order valence-electron chi connectivity index (χ3n) is 1.78. The van der Waals surface area contributed by atoms with Crippen LogP contribution in [0.4, 0.5) is 0 Å². The van der Waals surface area contributed by atoms with Gasteiger partial charge in [-0.15, -0.1) is 0 Å². The molecular formula is C11H24O3. The molecule has 0 aromatic heterocycles. The molecule has 0 aliphatic heterocycles. The van der Waals surface area contributed by atoms with Crippen LogP contribution >= 0.6 is 0 Å². The third-order valence-corrected chi connectivity index (χ3v) is 1.78. The van der Waals surface area contributed by atoms with Crippen LogP contribution in [0.25, 0.3) is 0 Å². The zero-order valence-corrected chi connectivity index (χ0v) is 9.91. The van der Waals surface area contributed by atoms with Crippen LogP contribution in [0.2, 0.25) is 0 Å². The topological polar surface area (TPSA) is 27.7 Å². The lowest BCUT2D eigenvalue weighted by Crippen LogP contribution is -2.23. The molecule has 0 radical (unpaired) electrons. The lowest BCUT2D eigenvalue weighted by Gasteiger charge is -2.17. The fraction of sp³-hybridized carbons (Fsp3) is 1.00. The maximum absolute atomic E-state index is 5.55. The molecule has 0 N–H and O–H groups in total. The second-order valence-corrected chi connectivity index (χ2v) is 3.48. The predicted molar refractivity (Wildman–Crippen MR) is 57.6 cm³/mol. The van der Waals surface area contributed by atoms with Gasteiger partial charge in [0, 0.05) is 13.2 Å². The SMILES string of the molecule is CCCOC(C)COC(C)COCC. The molecule has 3 heteroatoms. The summed E-state index contributed by atoms with van der Waals surface area (Å²) in [5, 5.41) is 0. The normalized spacial score (nSPS) is 15.4. The number of hydrogen-bond donors (Lipinski definition) is 0. The van der Waals surface area contributed by atoms with Gasteiger partial charge < -0.3 is 14.2 Å². The Kier molecular flexibility index (Phi) is 9.35. The van der Waals surface area contributed by atoms with Crippen molar-refractivity contribution in [2.24, 2.45) is 0 Å². The van der Waals surface area contributed by atoms with Crippen molar-refractivity contribution in [3.63, 3.8) is 0 Å². The van der Waals surface area contributed by atoms with E-state index in [0.717, 1.165) is 19.6 Å². The second kappa shape index (κ2) is 9.44. The van der Waals surface area contributed by atoms with Gasteiger partial charge in [-0.2, -0.15) is 0 Å². The van der Waals surface area contributed by atoms with Crippen LogP contribution in [0.3, 0.4) is 0 Å². The molecule has 0 spiro atoms. The second-order valence-electron chi connectivity index (χ2n) is 3.48. The fourth-order valence-corrected chi connectivity index (χ4v) is 0.999. The maximum Gasteiger partial charge on any atom is 0.0781 e. The Bertz CT molecular complexity index is 103. The van der Waals surface area contributed by atoms with Gasteiger partial charge in [0.2, 0.25) is 0 Å². The summed E-state index contributed by atoms with van der Waals surface area (Å²) in [6.45, 7) is 11.0. The molecule has 0 fully saturated rings. The molecule has 3 nitrogen and oxygen atoms in total. The average molecular weight is 204 g/mol. The summed E-state index contributed by atoms with van der Waals surface area (Å²) < 4.78 is 16.3. The van der Waals surface area contributed by atoms with Gasteiger partial charge in [-0.1, -0.05) is 6.92 Å². The number of rotatable bonds is 9. The molecular weight excluding hydrogens is 180 g/mol. The molecule has 2 unspecified atom stereocenters. The minimum absolute atomic E-state index is 0.155. The van der Waals surface area contributed by atoms with E-state index in [1.54, 1.807) is 0 Å². The van der Waals surface area contributed by atoms with Crippen LogP contribution in [0.1, 0.15) is 34.1 Å². The first-order chi connectivity index (χ1) is 6.70. The van der Waals surface area contributed by atoms with Crippen LogP contribution in [-0.4, -0.2) is 38.6 Å². The highest BCUT2D eigenvalue weighted by atomic mass is 16.6. The Morgan fingerprint density at radius 3 is 2.14 bits per heavy atom. The van der Waals surface area contributed by atoms with Gasteiger partial charge >= 0.3 is 0 Å². The third kappa shape index (κ3) is 8.48. The smallest absolute Gasteiger partial charge is 0.0781 e. The highest BCUT2D eigenvalue weighted by Gasteiger charge is 2.06. The summed E-state index contributed by atoms with van der Waals surface area (Å²) in [5.74, 6) is 0. The molecule has 0 rings (SSSR count). The van der Waals surface area contributed by atoms with Crippen molar-refractivity contribution in [3.05, 3.63) is 0 Å². The Balaban J connectivity index is 3.31. The van der Waals surface area contributed by atoms with E-state index in [2.05, 4.69) is 6.92 Å². The van der Waals surface area contributed by atoms with Crippen molar-refractivity contribution < 1.29 is 14.2 Å². The first kappa shape index (κ1) is 13.9. The summed E-state index contributed by atoms with van der Waals surface area (Å²) in [4.78, 5) is 0. The zero-order valence-electron chi connectivity index (χ0n) is 9.91. The monoisotopic (exact) mass is 204 g/mol. The van der Waals surface area contributed by atoms with Crippen LogP contribution < -0.4 is 0 Å². The Labute approximate surface area is 87.7 Å². The van der Waals surface area contributed by atoms with Crippen LogP contribution in [-0.2, 0) is 14.2 Å². The molecule has 0 heterocycles. The molecule has 0 bridgehead atoms. The number of ether oxygens (including phenoxy) is 3. The van der Waals surface area contributed by atoms with E-state index in [9.17, 15) is 0 Å². The molecule has 0 saturated carbocycles. The molecule has 0 amide bonds. The van der Waals surface area contributed by atoms with Gasteiger partial charge in [0.15, 0.2) is 0 Å². The number of hydrogen-bond acceptors (Lipinski definition) is 3. The summed E-state index contributed by atoms with van der Waals surface area (Å²) in [5.41, 5.74) is 0. The molecule has 0 saturated heterocycles. The van der Waals surface area contributed by atoms with Crippen molar-refractivity contribution in [2.45, 2.75) is 46.3 Å². The Morgan fingerprint density at radius 2 is 1.57 bits per heavy atom. The highest BCUT2D eigenvalue weighted by molar-refractivity contribution is 4.52. The van der Waals surface area contributed by atoms with E-state index in [-0.39, 0.29) is 12.2 Å². The minimum Gasteiger partial charge on any atom is -0.379 e. The Hall–Kier alpha value is -0.120. The van der Waals surface area contributed by atoms with E-state index < -0.39 is 0 Å². The lowest BCUT2D eigenvalue weighted by atomic mass is 10.4. The van der Waals surface area contributed by atoms with Crippen molar-refractivity contribution >= 4 is 0 Å². The largest absolute Gasteiger partial charge is 0.379 e. The molecule has 0 aliphatic carbocycles. The molecule has 14 heavy (non-hydrogen) atoms. The van der Waals surface area contributed by atoms with E-state index in [0.29, 0.717) is 13.2 Å². The van der Waals surface area contributed by atoms with Gasteiger partial charge in [-0.3, -0.25) is 0 Å². The van der Waals surface area contributed by atoms with Gasteiger partial charge in [-0.25, -0.2) is 0 Å². The summed E-state index contributed by atoms with van der Waals surface area (Å²) >= 11 is 0. The molecule has 0 aliphatic rings. The predicted octanol–water partition coefficient (Wildman–Crippen LogP) is 2.24. The van der Waals surface area contributed by atoms with E-state index in [1.165, 1.54) is 0 Å². The average Bonchev–Trinajstić information content (AvgIpc) is 2.20. The van der Waals surface area contributed by atoms with Crippen LogP contribution in [0, 0.1) is 0 Å². The van der Waals surface area contributed by atoms with E-state index in [1.807, 2.05) is 20.8 Å². The fourth-order valence-electron chi connectivity index (χ4n) is 0.999. The molecule has 86 valence electrons. The van der Waals surface area contributed by atoms with Gasteiger partial charge in [0.05, 0.1) is 25.4 Å². The highest BCUT2D eigenvalue weighted by Crippen LogP contribution is 1.98. The quantitative estimate of drug-likeness (QED) is 0.576. The van der Waals surface area contributed by atoms with Gasteiger partial charge in [0.25, 0.3) is 0 Å². The summed E-state index contributed by atoms with van der Waals surface area (Å²) in [6.07, 6.45) is 1.39. The van der Waals surface area contributed by atoms with Gasteiger partial charge in [-0.05, 0) is 27.2 Å². The first-order valence-corrected chi connectivity index (χ1v) is 5.51. The van der Waals surface area contributed by atoms with E-state index >= 15 is 0 Å². The summed E-state index contributed by atoms with van der Waals surface area (Å²) in [7, 11) is 0. The Morgan fingerprint density at radius 1 is 0.929 bits per heavy atom. The molecule has 0 aromatic carbocycles. The molecule has 0 aromatic rings. The van der Waals surface area contributed by atoms with Crippen molar-refractivity contribution in [1.82, 2.24) is 0 Å². The van der Waals surface area contributed by atoms with E-state index in [4.69, 9.17) is 14.2 Å². The minimum atomic E-state index is 0.155. The van der Waals surface area contributed by atoms with Crippen LogP contribution in [0.5, 0.6) is 0 Å². The zero-order chi connectivity index (χ0) is 10.8.